The highest BCUT2D eigenvalue weighted by Crippen LogP contribution is 2.43. The summed E-state index contributed by atoms with van der Waals surface area (Å²) in [5.74, 6) is -2.36. The van der Waals surface area contributed by atoms with Crippen LogP contribution in [-0.2, 0) is 32.7 Å². The molecule has 3 atom stereocenters. The molecule has 0 heterocycles. The number of hydrogen-bond donors (Lipinski definition) is 4. The minimum atomic E-state index is -4.77. The number of carbonyl (C=O) groups is 3. The van der Waals surface area contributed by atoms with Crippen molar-refractivity contribution in [1.82, 2.24) is 5.32 Å². The first-order valence-electron chi connectivity index (χ1n) is 29.0. The average molecular weight is 1010 g/mol. The van der Waals surface area contributed by atoms with Crippen molar-refractivity contribution in [3.63, 3.8) is 0 Å². The molecule has 12 heteroatoms. The molecule has 0 aliphatic carbocycles. The fourth-order valence-corrected chi connectivity index (χ4v) is 9.22. The van der Waals surface area contributed by atoms with Crippen LogP contribution in [0.5, 0.6) is 0 Å². The summed E-state index contributed by atoms with van der Waals surface area (Å²) in [5.41, 5.74) is 0. The van der Waals surface area contributed by atoms with Crippen molar-refractivity contribution in [3.8, 4) is 0 Å². The van der Waals surface area contributed by atoms with Crippen LogP contribution in [-0.4, -0.2) is 64.9 Å². The lowest BCUT2D eigenvalue weighted by atomic mass is 10.0. The van der Waals surface area contributed by atoms with Gasteiger partial charge in [-0.2, -0.15) is 0 Å². The molecule has 0 bridgehead atoms. The standard InChI is InChI=1S/C58H108NO10P/c1-3-5-7-9-11-13-15-17-19-21-23-25-27-29-31-33-35-37-39-41-43-45-47-49-56(61)59-55(58(63)64)53-69-70(65,66)68-52-54(60)51-67-57(62)50-48-46-44-42-40-38-36-34-32-30-28-26-24-22-20-18-16-14-12-10-8-6-4-2/h11,13,17,19,23,25,54-55,60H,3-10,12,14-16,18,20-22,24,26-53H2,1-2H3,(H,59,61)(H,63,64)(H,65,66)/b13-11-,19-17-,25-23-. The van der Waals surface area contributed by atoms with Crippen LogP contribution in [0.3, 0.4) is 0 Å². The Morgan fingerprint density at radius 2 is 0.786 bits per heavy atom. The molecule has 0 aromatic carbocycles. The summed E-state index contributed by atoms with van der Waals surface area (Å²) in [5, 5.41) is 22.0. The summed E-state index contributed by atoms with van der Waals surface area (Å²) in [6.45, 7) is 2.63. The highest BCUT2D eigenvalue weighted by molar-refractivity contribution is 7.47. The summed E-state index contributed by atoms with van der Waals surface area (Å²) in [6.07, 6.45) is 61.7. The second-order valence-electron chi connectivity index (χ2n) is 19.8. The summed E-state index contributed by atoms with van der Waals surface area (Å²) in [4.78, 5) is 46.3. The number of ether oxygens (including phenoxy) is 1. The molecular formula is C58H108NO10P. The third-order valence-corrected chi connectivity index (χ3v) is 13.9. The maximum Gasteiger partial charge on any atom is 0.472 e. The number of carboxylic acid groups (broad SMARTS) is 1. The van der Waals surface area contributed by atoms with E-state index in [2.05, 4.69) is 55.6 Å². The van der Waals surface area contributed by atoms with E-state index in [0.29, 0.717) is 12.8 Å². The Morgan fingerprint density at radius 1 is 0.457 bits per heavy atom. The molecule has 0 aliphatic heterocycles. The number of carbonyl (C=O) groups excluding carboxylic acids is 2. The van der Waals surface area contributed by atoms with Gasteiger partial charge in [0, 0.05) is 12.8 Å². The van der Waals surface area contributed by atoms with Crippen molar-refractivity contribution in [2.75, 3.05) is 19.8 Å². The maximum atomic E-state index is 12.4. The molecule has 11 nitrogen and oxygen atoms in total. The number of aliphatic hydroxyl groups is 1. The number of esters is 1. The normalized spacial score (nSPS) is 13.7. The number of nitrogens with one attached hydrogen (secondary N) is 1. The molecule has 3 unspecified atom stereocenters. The number of hydrogen-bond acceptors (Lipinski definition) is 8. The lowest BCUT2D eigenvalue weighted by molar-refractivity contribution is -0.147. The third-order valence-electron chi connectivity index (χ3n) is 12.9. The van der Waals surface area contributed by atoms with Gasteiger partial charge >= 0.3 is 19.8 Å². The number of aliphatic hydroxyl groups excluding tert-OH is 1. The largest absolute Gasteiger partial charge is 0.480 e. The summed E-state index contributed by atoms with van der Waals surface area (Å²) >= 11 is 0. The van der Waals surface area contributed by atoms with E-state index in [0.717, 1.165) is 64.2 Å². The van der Waals surface area contributed by atoms with Crippen molar-refractivity contribution in [1.29, 1.82) is 0 Å². The van der Waals surface area contributed by atoms with Gasteiger partial charge in [-0.25, -0.2) is 9.36 Å². The van der Waals surface area contributed by atoms with Gasteiger partial charge in [0.15, 0.2) is 6.04 Å². The topological polar surface area (TPSA) is 169 Å². The fraction of sp³-hybridized carbons (Fsp3) is 0.845. The number of aliphatic carboxylic acids is 1. The predicted molar refractivity (Wildman–Crippen MR) is 291 cm³/mol. The van der Waals surface area contributed by atoms with E-state index in [1.54, 1.807) is 0 Å². The van der Waals surface area contributed by atoms with Crippen LogP contribution in [0.1, 0.15) is 284 Å². The number of rotatable bonds is 55. The first kappa shape index (κ1) is 67.7. The summed E-state index contributed by atoms with van der Waals surface area (Å²) in [6, 6.07) is -1.55. The number of unbranched alkanes of at least 4 members (excludes halogenated alkanes) is 35. The molecule has 70 heavy (non-hydrogen) atoms. The van der Waals surface area contributed by atoms with Gasteiger partial charge in [-0.05, 0) is 51.4 Å². The monoisotopic (exact) mass is 1010 g/mol. The summed E-state index contributed by atoms with van der Waals surface area (Å²) in [7, 11) is -4.77. The number of allylic oxidation sites excluding steroid dienone is 6. The lowest BCUT2D eigenvalue weighted by Gasteiger charge is -2.18. The van der Waals surface area contributed by atoms with Gasteiger partial charge < -0.3 is 25.2 Å². The maximum absolute atomic E-state index is 12.4. The first-order valence-corrected chi connectivity index (χ1v) is 30.5. The van der Waals surface area contributed by atoms with Crippen LogP contribution in [0.2, 0.25) is 0 Å². The minimum absolute atomic E-state index is 0.142. The van der Waals surface area contributed by atoms with Crippen molar-refractivity contribution in [2.24, 2.45) is 0 Å². The molecular weight excluding hydrogens is 902 g/mol. The Labute approximate surface area is 429 Å². The average Bonchev–Trinajstić information content (AvgIpc) is 3.34. The minimum Gasteiger partial charge on any atom is -0.480 e. The fourth-order valence-electron chi connectivity index (χ4n) is 8.44. The highest BCUT2D eigenvalue weighted by Gasteiger charge is 2.28. The molecule has 0 spiro atoms. The summed E-state index contributed by atoms with van der Waals surface area (Å²) < 4.78 is 27.0. The van der Waals surface area contributed by atoms with Crippen LogP contribution in [0.15, 0.2) is 36.5 Å². The van der Waals surface area contributed by atoms with Gasteiger partial charge in [0.25, 0.3) is 0 Å². The molecule has 0 saturated heterocycles. The van der Waals surface area contributed by atoms with E-state index in [1.807, 2.05) is 0 Å². The van der Waals surface area contributed by atoms with Crippen molar-refractivity contribution >= 4 is 25.7 Å². The number of amides is 1. The second kappa shape index (κ2) is 53.0. The van der Waals surface area contributed by atoms with Gasteiger partial charge in [0.1, 0.15) is 12.7 Å². The first-order chi connectivity index (χ1) is 34.1. The zero-order chi connectivity index (χ0) is 51.3. The van der Waals surface area contributed by atoms with Crippen molar-refractivity contribution in [3.05, 3.63) is 36.5 Å². The number of phosphoric ester groups is 1. The van der Waals surface area contributed by atoms with Crippen molar-refractivity contribution in [2.45, 2.75) is 296 Å². The Balaban J connectivity index is 3.76. The van der Waals surface area contributed by atoms with Gasteiger partial charge in [-0.1, -0.05) is 256 Å². The molecule has 0 aliphatic rings. The molecule has 0 aromatic heterocycles. The third kappa shape index (κ3) is 52.0. The van der Waals surface area contributed by atoms with Crippen LogP contribution in [0.25, 0.3) is 0 Å². The highest BCUT2D eigenvalue weighted by atomic mass is 31.2. The van der Waals surface area contributed by atoms with Gasteiger partial charge in [-0.3, -0.25) is 18.6 Å². The molecule has 1 amide bonds. The lowest BCUT2D eigenvalue weighted by Crippen LogP contribution is -2.43. The molecule has 0 radical (unpaired) electrons. The zero-order valence-electron chi connectivity index (χ0n) is 45.1. The zero-order valence-corrected chi connectivity index (χ0v) is 46.0. The van der Waals surface area contributed by atoms with Crippen LogP contribution < -0.4 is 5.32 Å². The van der Waals surface area contributed by atoms with E-state index in [1.165, 1.54) is 180 Å². The van der Waals surface area contributed by atoms with Gasteiger partial charge in [0.2, 0.25) is 5.91 Å². The predicted octanol–water partition coefficient (Wildman–Crippen LogP) is 16.7. The van der Waals surface area contributed by atoms with E-state index >= 15 is 0 Å². The van der Waals surface area contributed by atoms with Crippen LogP contribution in [0.4, 0.5) is 0 Å². The van der Waals surface area contributed by atoms with Gasteiger partial charge in [0.05, 0.1) is 13.2 Å². The SMILES string of the molecule is CCCCC/C=C\C/C=C\C/C=C\CCCCCCCCCCCCC(=O)NC(COP(=O)(O)OCC(O)COC(=O)CCCCCCCCCCCCCCCCCCCCCCCCC)C(=O)O. The Bertz CT molecular complexity index is 1320. The van der Waals surface area contributed by atoms with E-state index in [9.17, 15) is 34.1 Å². The smallest absolute Gasteiger partial charge is 0.472 e. The molecule has 0 rings (SSSR count). The van der Waals surface area contributed by atoms with Crippen LogP contribution >= 0.6 is 7.82 Å². The number of phosphoric acid groups is 1. The molecule has 4 N–H and O–H groups in total. The quantitative estimate of drug-likeness (QED) is 0.0199. The Kier molecular flexibility index (Phi) is 51.3. The van der Waals surface area contributed by atoms with Crippen LogP contribution in [0, 0.1) is 0 Å². The number of carboxylic acids is 1. The second-order valence-corrected chi connectivity index (χ2v) is 21.3. The Hall–Kier alpha value is -2.30. The Morgan fingerprint density at radius 3 is 1.20 bits per heavy atom. The molecule has 0 fully saturated rings. The van der Waals surface area contributed by atoms with Gasteiger partial charge in [-0.15, -0.1) is 0 Å². The van der Waals surface area contributed by atoms with E-state index in [-0.39, 0.29) is 12.8 Å². The molecule has 410 valence electrons. The van der Waals surface area contributed by atoms with E-state index in [4.69, 9.17) is 13.8 Å². The molecule has 0 aromatic rings. The van der Waals surface area contributed by atoms with E-state index < -0.39 is 57.6 Å². The molecule has 0 saturated carbocycles. The van der Waals surface area contributed by atoms with Crippen molar-refractivity contribution < 1.29 is 47.8 Å².